The molecule has 2 atom stereocenters. The molecule has 3 aromatic heterocycles. The number of fused-ring (bicyclic) bond motifs is 2. The van der Waals surface area contributed by atoms with Crippen molar-refractivity contribution in [2.24, 2.45) is 0 Å². The number of pyridine rings is 2. The van der Waals surface area contributed by atoms with E-state index in [9.17, 15) is 24.0 Å². The molecule has 5 amide bonds. The summed E-state index contributed by atoms with van der Waals surface area (Å²) in [6, 6.07) is 12.1. The zero-order valence-electron chi connectivity index (χ0n) is 33.8. The minimum absolute atomic E-state index is 0.0756. The van der Waals surface area contributed by atoms with Crippen LogP contribution < -0.4 is 25.3 Å². The van der Waals surface area contributed by atoms with Crippen LogP contribution in [0, 0.1) is 0 Å². The molecule has 1 aromatic carbocycles. The van der Waals surface area contributed by atoms with Crippen molar-refractivity contribution in [3.63, 3.8) is 0 Å². The summed E-state index contributed by atoms with van der Waals surface area (Å²) in [5, 5.41) is 14.0. The van der Waals surface area contributed by atoms with Gasteiger partial charge in [-0.2, -0.15) is 0 Å². The smallest absolute Gasteiger partial charge is 0.264 e. The van der Waals surface area contributed by atoms with E-state index in [2.05, 4.69) is 42.5 Å². The zero-order valence-corrected chi connectivity index (χ0v) is 33.8. The summed E-state index contributed by atoms with van der Waals surface area (Å²) in [7, 11) is 0. The number of aromatic nitrogens is 5. The molecule has 5 aliphatic heterocycles. The normalized spacial score (nSPS) is 20.7. The summed E-state index contributed by atoms with van der Waals surface area (Å²) in [6.07, 6.45) is 4.01. The van der Waals surface area contributed by atoms with Crippen LogP contribution in [0.15, 0.2) is 48.8 Å². The number of amides is 5. The maximum Gasteiger partial charge on any atom is 0.264 e. The number of carbonyl (C=O) groups excluding carboxylic acids is 5. The van der Waals surface area contributed by atoms with Gasteiger partial charge in [-0.3, -0.25) is 44.0 Å². The number of imide groups is 2. The molecule has 4 aromatic rings. The molecule has 60 heavy (non-hydrogen) atoms. The van der Waals surface area contributed by atoms with Crippen LogP contribution in [0.5, 0.6) is 0 Å². The fourth-order valence-corrected chi connectivity index (χ4v) is 8.93. The fraction of sp³-hybridized carbons (Fsp3) is 0.452. The minimum atomic E-state index is -1.00. The van der Waals surface area contributed by atoms with Gasteiger partial charge in [0.1, 0.15) is 35.5 Å². The van der Waals surface area contributed by atoms with Crippen molar-refractivity contribution >= 4 is 52.7 Å². The van der Waals surface area contributed by atoms with Crippen LogP contribution in [0.4, 0.5) is 23.1 Å². The van der Waals surface area contributed by atoms with E-state index in [0.29, 0.717) is 91.9 Å². The molecule has 18 heteroatoms. The lowest BCUT2D eigenvalue weighted by molar-refractivity contribution is -0.136. The number of aryl methyl sites for hydroxylation is 1. The molecular weight excluding hydrogens is 769 g/mol. The first-order valence-corrected chi connectivity index (χ1v) is 20.8. The van der Waals surface area contributed by atoms with Crippen molar-refractivity contribution in [2.75, 3.05) is 79.0 Å². The summed E-state index contributed by atoms with van der Waals surface area (Å²) in [5.74, 6) is 0.505. The monoisotopic (exact) mass is 816 g/mol. The first-order chi connectivity index (χ1) is 29.2. The first-order valence-electron chi connectivity index (χ1n) is 20.8. The number of ether oxygens (including phenoxy) is 1. The number of hydrogen-bond donors (Lipinski definition) is 2. The Balaban J connectivity index is 0.798. The Labute approximate surface area is 346 Å². The molecule has 0 aliphatic carbocycles. The van der Waals surface area contributed by atoms with Crippen molar-refractivity contribution in [2.45, 2.75) is 64.7 Å². The number of piperazine rings is 1. The van der Waals surface area contributed by atoms with E-state index in [-0.39, 0.29) is 24.3 Å². The van der Waals surface area contributed by atoms with Crippen molar-refractivity contribution in [1.82, 2.24) is 39.8 Å². The number of rotatable bonds is 13. The van der Waals surface area contributed by atoms with Gasteiger partial charge in [-0.1, -0.05) is 12.1 Å². The highest BCUT2D eigenvalue weighted by atomic mass is 16.5. The maximum absolute atomic E-state index is 14.0. The third kappa shape index (κ3) is 7.23. The third-order valence-corrected chi connectivity index (χ3v) is 12.2. The van der Waals surface area contributed by atoms with E-state index < -0.39 is 29.7 Å². The Bertz CT molecular complexity index is 2360. The molecule has 18 nitrogen and oxygen atoms in total. The molecule has 1 unspecified atom stereocenters. The van der Waals surface area contributed by atoms with Crippen LogP contribution >= 0.6 is 0 Å². The van der Waals surface area contributed by atoms with Crippen LogP contribution in [-0.4, -0.2) is 135 Å². The summed E-state index contributed by atoms with van der Waals surface area (Å²) >= 11 is 0. The fourth-order valence-electron chi connectivity index (χ4n) is 8.93. The number of carbonyl (C=O) groups is 5. The highest BCUT2D eigenvalue weighted by Gasteiger charge is 2.46. The van der Waals surface area contributed by atoms with Crippen LogP contribution in [-0.2, 0) is 27.4 Å². The number of anilines is 4. The predicted octanol–water partition coefficient (Wildman–Crippen LogP) is 2.56. The van der Waals surface area contributed by atoms with E-state index in [1.54, 1.807) is 23.4 Å². The average molecular weight is 817 g/mol. The molecule has 8 heterocycles. The standard InChI is InChI=1S/C42H48N12O6/c1-3-50-25-44-48-38(50)30-9-5-11-33(45-30)53-24-29-28(40(53)57)23-34(52-15-6-7-26(52)2)46-37(29)43-14-21-60-22-20-49-16-18-51(19-17-49)31-10-4-8-27-36(31)42(59)54(41(27)58)32-12-13-35(55)47-39(32)56/h4-5,8-11,23,25-26,32H,3,6-7,12-22,24H2,1-2H3,(H,43,46)(H,47,55,56)/t26-,32?/m1/s1. The molecule has 5 aliphatic rings. The molecule has 0 bridgehead atoms. The SMILES string of the molecule is CCn1cnnc1-c1cccc(N2Cc3c(cc(N4CCC[C@H]4C)nc3NCCOCCN3CCN(c4cccc5c4C(=O)N(C4CCC(=O)NC4=O)C5=O)CC3)C2=O)n1. The van der Waals surface area contributed by atoms with E-state index in [1.807, 2.05) is 41.8 Å². The zero-order chi connectivity index (χ0) is 41.5. The van der Waals surface area contributed by atoms with E-state index in [0.717, 1.165) is 55.3 Å². The second kappa shape index (κ2) is 16.4. The predicted molar refractivity (Wildman–Crippen MR) is 221 cm³/mol. The van der Waals surface area contributed by atoms with E-state index >= 15 is 0 Å². The lowest BCUT2D eigenvalue weighted by Gasteiger charge is -2.36. The van der Waals surface area contributed by atoms with Crippen molar-refractivity contribution in [3.8, 4) is 11.5 Å². The lowest BCUT2D eigenvalue weighted by atomic mass is 10.0. The van der Waals surface area contributed by atoms with E-state index in [1.165, 1.54) is 0 Å². The third-order valence-electron chi connectivity index (χ3n) is 12.2. The first kappa shape index (κ1) is 39.2. The quantitative estimate of drug-likeness (QED) is 0.148. The Morgan fingerprint density at radius 1 is 0.883 bits per heavy atom. The Hall–Kier alpha value is -6.27. The molecule has 3 fully saturated rings. The molecule has 9 rings (SSSR count). The Morgan fingerprint density at radius 3 is 2.50 bits per heavy atom. The van der Waals surface area contributed by atoms with Gasteiger partial charge in [0.05, 0.1) is 42.1 Å². The van der Waals surface area contributed by atoms with Gasteiger partial charge in [-0.25, -0.2) is 9.97 Å². The minimum Gasteiger partial charge on any atom is -0.378 e. The second-order valence-corrected chi connectivity index (χ2v) is 15.8. The molecule has 0 radical (unpaired) electrons. The Morgan fingerprint density at radius 2 is 1.72 bits per heavy atom. The van der Waals surface area contributed by atoms with Gasteiger partial charge in [-0.15, -0.1) is 10.2 Å². The van der Waals surface area contributed by atoms with Gasteiger partial charge in [0, 0.05) is 70.4 Å². The molecule has 312 valence electrons. The second-order valence-electron chi connectivity index (χ2n) is 15.8. The number of nitrogens with one attached hydrogen (secondary N) is 2. The van der Waals surface area contributed by atoms with Crippen molar-refractivity contribution < 1.29 is 28.7 Å². The van der Waals surface area contributed by atoms with Gasteiger partial charge in [0.25, 0.3) is 17.7 Å². The highest BCUT2D eigenvalue weighted by Crippen LogP contribution is 2.37. The summed E-state index contributed by atoms with van der Waals surface area (Å²) in [4.78, 5) is 84.6. The number of nitrogens with zero attached hydrogens (tertiary/aromatic N) is 10. The average Bonchev–Trinajstić information content (AvgIpc) is 4.05. The highest BCUT2D eigenvalue weighted by molar-refractivity contribution is 6.25. The molecule has 3 saturated heterocycles. The summed E-state index contributed by atoms with van der Waals surface area (Å²) < 4.78 is 8.00. The Kier molecular flexibility index (Phi) is 10.7. The molecule has 0 spiro atoms. The van der Waals surface area contributed by atoms with Gasteiger partial charge in [-0.05, 0) is 63.4 Å². The van der Waals surface area contributed by atoms with Gasteiger partial charge in [0.2, 0.25) is 11.8 Å². The van der Waals surface area contributed by atoms with Gasteiger partial charge >= 0.3 is 0 Å². The topological polar surface area (TPSA) is 191 Å². The van der Waals surface area contributed by atoms with Crippen LogP contribution in [0.25, 0.3) is 11.5 Å². The number of benzene rings is 1. The van der Waals surface area contributed by atoms with Crippen molar-refractivity contribution in [3.05, 3.63) is 71.0 Å². The van der Waals surface area contributed by atoms with Gasteiger partial charge in [0.15, 0.2) is 5.82 Å². The largest absolute Gasteiger partial charge is 0.378 e. The van der Waals surface area contributed by atoms with Crippen LogP contribution in [0.2, 0.25) is 0 Å². The maximum atomic E-state index is 14.0. The lowest BCUT2D eigenvalue weighted by Crippen LogP contribution is -2.54. The van der Waals surface area contributed by atoms with Gasteiger partial charge < -0.3 is 24.4 Å². The van der Waals surface area contributed by atoms with Crippen LogP contribution in [0.3, 0.4) is 0 Å². The number of hydrogen-bond acceptors (Lipinski definition) is 14. The number of piperidine rings is 1. The van der Waals surface area contributed by atoms with E-state index in [4.69, 9.17) is 14.7 Å². The molecule has 0 saturated carbocycles. The molecular formula is C42H48N12O6. The van der Waals surface area contributed by atoms with Crippen molar-refractivity contribution in [1.29, 1.82) is 0 Å². The molecule has 2 N–H and O–H groups in total. The van der Waals surface area contributed by atoms with Crippen LogP contribution in [0.1, 0.15) is 76.2 Å². The summed E-state index contributed by atoms with van der Waals surface area (Å²) in [5.41, 5.74) is 3.37. The summed E-state index contributed by atoms with van der Waals surface area (Å²) in [6.45, 7) is 11.1.